The Morgan fingerprint density at radius 1 is 1.14 bits per heavy atom. The van der Waals surface area contributed by atoms with E-state index in [0.29, 0.717) is 0 Å². The van der Waals surface area contributed by atoms with E-state index >= 15 is 0 Å². The first kappa shape index (κ1) is 13.8. The van der Waals surface area contributed by atoms with Gasteiger partial charge in [-0.25, -0.2) is 0 Å². The van der Waals surface area contributed by atoms with E-state index in [1.807, 2.05) is 19.5 Å². The van der Waals surface area contributed by atoms with Gasteiger partial charge in [0.05, 0.1) is 12.5 Å². The fraction of sp³-hybridized carbons (Fsp3) is 0.800. The molecule has 0 unspecified atom stereocenters. The molecule has 0 aliphatic heterocycles. The number of nitrogens with zero attached hydrogens (tertiary/aromatic N) is 1. The molecule has 0 aliphatic rings. The lowest BCUT2D eigenvalue weighted by atomic mass is 10.9. The van der Waals surface area contributed by atoms with Crippen molar-refractivity contribution in [1.29, 1.82) is 0 Å². The molecule has 0 saturated carbocycles. The molecule has 0 bridgehead atoms. The Morgan fingerprint density at radius 3 is 1.79 bits per heavy atom. The Kier molecular flexibility index (Phi) is 7.09. The second kappa shape index (κ2) is 7.17. The molecule has 0 saturated heterocycles. The fourth-order valence-electron chi connectivity index (χ4n) is 1.16. The molecule has 0 spiro atoms. The molecule has 0 aromatic rings. The van der Waals surface area contributed by atoms with Crippen LogP contribution in [-0.4, -0.2) is 52.6 Å². The highest BCUT2D eigenvalue weighted by atomic mass is 28.3. The van der Waals surface area contributed by atoms with Crippen LogP contribution in [0.3, 0.4) is 0 Å². The molecule has 0 atom stereocenters. The van der Waals surface area contributed by atoms with Gasteiger partial charge in [0.2, 0.25) is 8.24 Å². The second-order valence-electron chi connectivity index (χ2n) is 3.48. The summed E-state index contributed by atoms with van der Waals surface area (Å²) in [6, 6.07) is 0. The number of rotatable bonds is 8. The predicted octanol–water partition coefficient (Wildman–Crippen LogP) is 1.37. The van der Waals surface area contributed by atoms with Crippen molar-refractivity contribution in [1.82, 2.24) is 4.57 Å². The standard InChI is InChI=1S/C10H23NO2Si/c1-6-12-9-14(8-3,11(4)5)10-13-7-2/h8H,3,6-7,9-10H2,1-2,4-5H3. The molecule has 0 N–H and O–H groups in total. The molecule has 0 radical (unpaired) electrons. The van der Waals surface area contributed by atoms with Crippen LogP contribution in [-0.2, 0) is 9.47 Å². The topological polar surface area (TPSA) is 21.7 Å². The molecule has 84 valence electrons. The number of ether oxygens (including phenoxy) is 2. The third kappa shape index (κ3) is 3.92. The molecule has 3 nitrogen and oxygen atoms in total. The van der Waals surface area contributed by atoms with E-state index < -0.39 is 8.24 Å². The van der Waals surface area contributed by atoms with E-state index in [2.05, 4.69) is 25.2 Å². The summed E-state index contributed by atoms with van der Waals surface area (Å²) in [7, 11) is 2.41. The molecule has 0 aromatic heterocycles. The van der Waals surface area contributed by atoms with Gasteiger partial charge in [-0.15, -0.1) is 6.58 Å². The lowest BCUT2D eigenvalue weighted by molar-refractivity contribution is 0.154. The maximum atomic E-state index is 5.52. The van der Waals surface area contributed by atoms with E-state index in [1.54, 1.807) is 0 Å². The van der Waals surface area contributed by atoms with Crippen LogP contribution in [0.5, 0.6) is 0 Å². The molecule has 0 amide bonds. The van der Waals surface area contributed by atoms with Crippen LogP contribution in [0, 0.1) is 0 Å². The minimum Gasteiger partial charge on any atom is -0.383 e. The van der Waals surface area contributed by atoms with Crippen LogP contribution in [0.15, 0.2) is 12.3 Å². The third-order valence-electron chi connectivity index (χ3n) is 2.38. The van der Waals surface area contributed by atoms with Crippen LogP contribution in [0.2, 0.25) is 0 Å². The van der Waals surface area contributed by atoms with E-state index in [9.17, 15) is 0 Å². The van der Waals surface area contributed by atoms with Crippen molar-refractivity contribution in [3.05, 3.63) is 12.3 Å². The summed E-state index contributed by atoms with van der Waals surface area (Å²) >= 11 is 0. The van der Waals surface area contributed by atoms with Gasteiger partial charge in [0.1, 0.15) is 0 Å². The first-order valence-corrected chi connectivity index (χ1v) is 7.53. The van der Waals surface area contributed by atoms with Gasteiger partial charge < -0.3 is 14.0 Å². The normalized spacial score (nSPS) is 12.1. The Hall–Kier alpha value is -0.163. The maximum absolute atomic E-state index is 5.52. The lowest BCUT2D eigenvalue weighted by Gasteiger charge is -2.33. The first-order chi connectivity index (χ1) is 6.63. The highest BCUT2D eigenvalue weighted by molar-refractivity contribution is 6.81. The SMILES string of the molecule is C=C[Si](COCC)(COCC)N(C)C. The van der Waals surface area contributed by atoms with Gasteiger partial charge in [-0.1, -0.05) is 5.70 Å². The highest BCUT2D eigenvalue weighted by Gasteiger charge is 2.33. The first-order valence-electron chi connectivity index (χ1n) is 5.09. The van der Waals surface area contributed by atoms with Crippen molar-refractivity contribution >= 4 is 8.24 Å². The zero-order valence-electron chi connectivity index (χ0n) is 9.88. The summed E-state index contributed by atoms with van der Waals surface area (Å²) in [4.78, 5) is 0. The fourth-order valence-corrected chi connectivity index (χ4v) is 3.47. The molecule has 0 aliphatic carbocycles. The zero-order valence-corrected chi connectivity index (χ0v) is 10.9. The van der Waals surface area contributed by atoms with Crippen molar-refractivity contribution in [2.45, 2.75) is 13.8 Å². The predicted molar refractivity (Wildman–Crippen MR) is 62.6 cm³/mol. The van der Waals surface area contributed by atoms with Gasteiger partial charge in [-0.05, 0) is 27.9 Å². The largest absolute Gasteiger partial charge is 0.383 e. The summed E-state index contributed by atoms with van der Waals surface area (Å²) in [5.41, 5.74) is 2.04. The van der Waals surface area contributed by atoms with Crippen molar-refractivity contribution < 1.29 is 9.47 Å². The summed E-state index contributed by atoms with van der Waals surface area (Å²) in [6.07, 6.45) is 1.53. The minimum absolute atomic E-state index is 0.753. The van der Waals surface area contributed by atoms with E-state index in [0.717, 1.165) is 25.7 Å². The van der Waals surface area contributed by atoms with Crippen LogP contribution in [0.1, 0.15) is 13.8 Å². The molecule has 4 heteroatoms. The number of hydrogen-bond donors (Lipinski definition) is 0. The monoisotopic (exact) mass is 217 g/mol. The molecular weight excluding hydrogens is 194 g/mol. The molecule has 0 heterocycles. The van der Waals surface area contributed by atoms with Crippen molar-refractivity contribution in [3.63, 3.8) is 0 Å². The van der Waals surface area contributed by atoms with Gasteiger partial charge in [-0.2, -0.15) is 0 Å². The van der Waals surface area contributed by atoms with E-state index in [4.69, 9.17) is 9.47 Å². The Balaban J connectivity index is 4.35. The van der Waals surface area contributed by atoms with Gasteiger partial charge >= 0.3 is 0 Å². The molecule has 14 heavy (non-hydrogen) atoms. The highest BCUT2D eigenvalue weighted by Crippen LogP contribution is 2.09. The van der Waals surface area contributed by atoms with Crippen molar-refractivity contribution in [2.75, 3.05) is 39.8 Å². The minimum atomic E-state index is -1.74. The van der Waals surface area contributed by atoms with Gasteiger partial charge in [0, 0.05) is 13.2 Å². The summed E-state index contributed by atoms with van der Waals surface area (Å²) in [6.45, 7) is 9.45. The molecule has 0 fully saturated rings. The van der Waals surface area contributed by atoms with Crippen molar-refractivity contribution in [3.8, 4) is 0 Å². The van der Waals surface area contributed by atoms with E-state index in [1.165, 1.54) is 0 Å². The van der Waals surface area contributed by atoms with Crippen LogP contribution in [0.4, 0.5) is 0 Å². The summed E-state index contributed by atoms with van der Waals surface area (Å²) in [5.74, 6) is 0. The summed E-state index contributed by atoms with van der Waals surface area (Å²) in [5, 5.41) is 0. The third-order valence-corrected chi connectivity index (χ3v) is 6.33. The zero-order chi connectivity index (χ0) is 11.0. The summed E-state index contributed by atoms with van der Waals surface area (Å²) < 4.78 is 13.3. The van der Waals surface area contributed by atoms with Crippen LogP contribution in [0.25, 0.3) is 0 Å². The number of hydrogen-bond acceptors (Lipinski definition) is 3. The molecule has 0 aromatic carbocycles. The molecule has 0 rings (SSSR count). The lowest BCUT2D eigenvalue weighted by Crippen LogP contribution is -2.56. The Morgan fingerprint density at radius 2 is 1.57 bits per heavy atom. The van der Waals surface area contributed by atoms with Crippen LogP contribution < -0.4 is 0 Å². The average Bonchev–Trinajstić information content (AvgIpc) is 2.18. The van der Waals surface area contributed by atoms with Gasteiger partial charge in [-0.3, -0.25) is 0 Å². The van der Waals surface area contributed by atoms with Crippen LogP contribution >= 0.6 is 0 Å². The maximum Gasteiger partial charge on any atom is 0.204 e. The quantitative estimate of drug-likeness (QED) is 0.573. The van der Waals surface area contributed by atoms with Crippen molar-refractivity contribution in [2.24, 2.45) is 0 Å². The van der Waals surface area contributed by atoms with Gasteiger partial charge in [0.15, 0.2) is 0 Å². The Labute approximate surface area is 88.8 Å². The average molecular weight is 217 g/mol. The molecular formula is C10H23NO2Si. The second-order valence-corrected chi connectivity index (χ2v) is 7.56. The smallest absolute Gasteiger partial charge is 0.204 e. The van der Waals surface area contributed by atoms with Gasteiger partial charge in [0.25, 0.3) is 0 Å². The van der Waals surface area contributed by atoms with E-state index in [-0.39, 0.29) is 0 Å². The Bertz CT molecular complexity index is 154.